The summed E-state index contributed by atoms with van der Waals surface area (Å²) in [5.74, 6) is -0.316. The lowest BCUT2D eigenvalue weighted by molar-refractivity contribution is 0.0303. The molecule has 1 unspecified atom stereocenters. The summed E-state index contributed by atoms with van der Waals surface area (Å²) in [5.41, 5.74) is -0.492. The van der Waals surface area contributed by atoms with Crippen molar-refractivity contribution in [3.8, 4) is 0 Å². The summed E-state index contributed by atoms with van der Waals surface area (Å²) in [5, 5.41) is 10.5. The highest BCUT2D eigenvalue weighted by Crippen LogP contribution is 2.49. The van der Waals surface area contributed by atoms with Gasteiger partial charge in [0.05, 0.1) is 5.60 Å². The maximum Gasteiger partial charge on any atom is 0.129 e. The molecule has 2 rings (SSSR count). The molecule has 1 N–H and O–H groups in total. The molecule has 1 saturated carbocycles. The van der Waals surface area contributed by atoms with Crippen molar-refractivity contribution in [3.05, 3.63) is 34.1 Å². The van der Waals surface area contributed by atoms with Gasteiger partial charge in [0.15, 0.2) is 0 Å². The summed E-state index contributed by atoms with van der Waals surface area (Å²) in [6, 6.07) is 4.75. The van der Waals surface area contributed by atoms with Gasteiger partial charge in [0, 0.05) is 10.0 Å². The van der Waals surface area contributed by atoms with Crippen molar-refractivity contribution < 1.29 is 9.50 Å². The first-order valence-corrected chi connectivity index (χ1v) is 6.30. The van der Waals surface area contributed by atoms with E-state index in [1.54, 1.807) is 12.1 Å². The van der Waals surface area contributed by atoms with Gasteiger partial charge in [-0.1, -0.05) is 29.8 Å². The molecule has 0 heterocycles. The standard InChI is InChI=1S/C13H16BrFO/c1-12(2)5-6-13(16,8-12)10-7-9(14)3-4-11(10)15/h3-4,7,16H,5-6,8H2,1-2H3. The van der Waals surface area contributed by atoms with Crippen LogP contribution in [0.2, 0.25) is 0 Å². The fraction of sp³-hybridized carbons (Fsp3) is 0.538. The van der Waals surface area contributed by atoms with Crippen LogP contribution in [0.1, 0.15) is 38.7 Å². The minimum atomic E-state index is -1.00. The van der Waals surface area contributed by atoms with E-state index in [0.717, 1.165) is 10.9 Å². The first-order valence-electron chi connectivity index (χ1n) is 5.50. The van der Waals surface area contributed by atoms with Crippen molar-refractivity contribution in [2.45, 2.75) is 38.7 Å². The SMILES string of the molecule is CC1(C)CCC(O)(c2cc(Br)ccc2F)C1. The Balaban J connectivity index is 2.41. The Morgan fingerprint density at radius 3 is 2.56 bits per heavy atom. The van der Waals surface area contributed by atoms with Crippen LogP contribution in [0.4, 0.5) is 4.39 Å². The van der Waals surface area contributed by atoms with Gasteiger partial charge in [-0.15, -0.1) is 0 Å². The molecule has 0 aromatic heterocycles. The molecular formula is C13H16BrFO. The molecule has 16 heavy (non-hydrogen) atoms. The van der Waals surface area contributed by atoms with Crippen molar-refractivity contribution in [3.63, 3.8) is 0 Å². The van der Waals surface area contributed by atoms with E-state index in [9.17, 15) is 9.50 Å². The molecule has 0 amide bonds. The second kappa shape index (κ2) is 3.81. The molecule has 0 bridgehead atoms. The predicted octanol–water partition coefficient (Wildman–Crippen LogP) is 3.99. The van der Waals surface area contributed by atoms with Gasteiger partial charge < -0.3 is 5.11 Å². The average Bonchev–Trinajstić information content (AvgIpc) is 2.46. The van der Waals surface area contributed by atoms with Gasteiger partial charge in [-0.05, 0) is 42.9 Å². The smallest absolute Gasteiger partial charge is 0.129 e. The molecule has 3 heteroatoms. The molecule has 1 atom stereocenters. The van der Waals surface area contributed by atoms with Gasteiger partial charge in [0.2, 0.25) is 0 Å². The molecule has 1 aromatic rings. The third-order valence-electron chi connectivity index (χ3n) is 3.42. The van der Waals surface area contributed by atoms with Crippen LogP contribution in [0, 0.1) is 11.2 Å². The molecule has 88 valence electrons. The molecule has 0 saturated heterocycles. The molecule has 1 aliphatic rings. The van der Waals surface area contributed by atoms with Gasteiger partial charge in [-0.25, -0.2) is 4.39 Å². The zero-order chi connectivity index (χ0) is 12.0. The maximum absolute atomic E-state index is 13.7. The zero-order valence-electron chi connectivity index (χ0n) is 9.56. The van der Waals surface area contributed by atoms with Crippen LogP contribution in [-0.2, 0) is 5.60 Å². The van der Waals surface area contributed by atoms with E-state index in [1.165, 1.54) is 6.07 Å². The number of benzene rings is 1. The average molecular weight is 287 g/mol. The van der Waals surface area contributed by atoms with E-state index in [2.05, 4.69) is 29.8 Å². The highest BCUT2D eigenvalue weighted by molar-refractivity contribution is 9.10. The molecule has 1 nitrogen and oxygen atoms in total. The van der Waals surface area contributed by atoms with Gasteiger partial charge in [-0.2, -0.15) is 0 Å². The second-order valence-corrected chi connectivity index (χ2v) is 6.41. The van der Waals surface area contributed by atoms with Crippen molar-refractivity contribution in [2.75, 3.05) is 0 Å². The normalized spacial score (nSPS) is 28.3. The van der Waals surface area contributed by atoms with E-state index in [4.69, 9.17) is 0 Å². The number of hydrogen-bond acceptors (Lipinski definition) is 1. The Kier molecular flexibility index (Phi) is 2.87. The molecule has 1 aromatic carbocycles. The maximum atomic E-state index is 13.7. The van der Waals surface area contributed by atoms with E-state index < -0.39 is 5.60 Å². The van der Waals surface area contributed by atoms with Crippen molar-refractivity contribution in [1.29, 1.82) is 0 Å². The minimum Gasteiger partial charge on any atom is -0.385 e. The van der Waals surface area contributed by atoms with Gasteiger partial charge in [0.25, 0.3) is 0 Å². The lowest BCUT2D eigenvalue weighted by atomic mass is 9.85. The van der Waals surface area contributed by atoms with Gasteiger partial charge in [0.1, 0.15) is 5.82 Å². The van der Waals surface area contributed by atoms with Crippen LogP contribution < -0.4 is 0 Å². The van der Waals surface area contributed by atoms with Crippen LogP contribution >= 0.6 is 15.9 Å². The van der Waals surface area contributed by atoms with Gasteiger partial charge >= 0.3 is 0 Å². The molecule has 1 fully saturated rings. The minimum absolute atomic E-state index is 0.0868. The van der Waals surface area contributed by atoms with E-state index in [-0.39, 0.29) is 11.2 Å². The second-order valence-electron chi connectivity index (χ2n) is 5.50. The summed E-state index contributed by atoms with van der Waals surface area (Å²) < 4.78 is 14.5. The summed E-state index contributed by atoms with van der Waals surface area (Å²) in [4.78, 5) is 0. The fourth-order valence-corrected chi connectivity index (χ4v) is 2.96. The van der Waals surface area contributed by atoms with Gasteiger partial charge in [-0.3, -0.25) is 0 Å². The van der Waals surface area contributed by atoms with Crippen LogP contribution in [0.25, 0.3) is 0 Å². The van der Waals surface area contributed by atoms with Crippen LogP contribution in [0.3, 0.4) is 0 Å². The Morgan fingerprint density at radius 1 is 1.31 bits per heavy atom. The van der Waals surface area contributed by atoms with Crippen LogP contribution in [0.5, 0.6) is 0 Å². The van der Waals surface area contributed by atoms with Crippen molar-refractivity contribution in [2.24, 2.45) is 5.41 Å². The number of aliphatic hydroxyl groups is 1. The number of hydrogen-bond donors (Lipinski definition) is 1. The monoisotopic (exact) mass is 286 g/mol. The summed E-state index contributed by atoms with van der Waals surface area (Å²) in [6.07, 6.45) is 2.18. The first kappa shape index (κ1) is 12.1. The number of halogens is 2. The van der Waals surface area contributed by atoms with Crippen molar-refractivity contribution >= 4 is 15.9 Å². The van der Waals surface area contributed by atoms with Crippen LogP contribution in [0.15, 0.2) is 22.7 Å². The van der Waals surface area contributed by atoms with Crippen LogP contribution in [-0.4, -0.2) is 5.11 Å². The van der Waals surface area contributed by atoms with Crippen molar-refractivity contribution in [1.82, 2.24) is 0 Å². The fourth-order valence-electron chi connectivity index (χ4n) is 2.60. The topological polar surface area (TPSA) is 20.2 Å². The molecule has 1 aliphatic carbocycles. The highest BCUT2D eigenvalue weighted by atomic mass is 79.9. The lowest BCUT2D eigenvalue weighted by Crippen LogP contribution is -2.24. The summed E-state index contributed by atoms with van der Waals surface area (Å²) in [6.45, 7) is 4.22. The predicted molar refractivity (Wildman–Crippen MR) is 65.6 cm³/mol. The molecular weight excluding hydrogens is 271 g/mol. The lowest BCUT2D eigenvalue weighted by Gasteiger charge is -2.26. The van der Waals surface area contributed by atoms with E-state index >= 15 is 0 Å². The Labute approximate surface area is 104 Å². The van der Waals surface area contributed by atoms with E-state index in [0.29, 0.717) is 18.4 Å². The highest BCUT2D eigenvalue weighted by Gasteiger charge is 2.44. The Morgan fingerprint density at radius 2 is 2.00 bits per heavy atom. The molecule has 0 aliphatic heterocycles. The van der Waals surface area contributed by atoms with E-state index in [1.807, 2.05) is 0 Å². The summed E-state index contributed by atoms with van der Waals surface area (Å²) in [7, 11) is 0. The Hall–Kier alpha value is -0.410. The first-order chi connectivity index (χ1) is 7.32. The third-order valence-corrected chi connectivity index (χ3v) is 3.91. The zero-order valence-corrected chi connectivity index (χ0v) is 11.1. The third kappa shape index (κ3) is 2.16. The quantitative estimate of drug-likeness (QED) is 0.828. The Bertz CT molecular complexity index is 416. The molecule has 0 spiro atoms. The molecule has 0 radical (unpaired) electrons. The summed E-state index contributed by atoms with van der Waals surface area (Å²) >= 11 is 3.32. The number of rotatable bonds is 1. The largest absolute Gasteiger partial charge is 0.385 e.